The molecule has 3 nitrogen and oxygen atoms in total. The monoisotopic (exact) mass is 253 g/mol. The summed E-state index contributed by atoms with van der Waals surface area (Å²) in [6, 6.07) is 1.41. The average Bonchev–Trinajstić information content (AvgIpc) is 2.15. The van der Waals surface area contributed by atoms with Crippen LogP contribution in [0.15, 0.2) is 12.3 Å². The smallest absolute Gasteiger partial charge is 0.347 e. The van der Waals surface area contributed by atoms with Crippen LogP contribution in [0.1, 0.15) is 13.3 Å². The highest BCUT2D eigenvalue weighted by Crippen LogP contribution is 2.21. The van der Waals surface area contributed by atoms with E-state index in [1.54, 1.807) is 6.92 Å². The lowest BCUT2D eigenvalue weighted by Crippen LogP contribution is -2.35. The third-order valence-electron chi connectivity index (χ3n) is 1.80. The number of hydrogen-bond acceptors (Lipinski definition) is 3. The normalized spacial score (nSPS) is 11.6. The Kier molecular flexibility index (Phi) is 4.35. The molecule has 1 aromatic heterocycles. The number of alkyl halides is 3. The topological polar surface area (TPSA) is 29.0 Å². The molecule has 0 fully saturated rings. The van der Waals surface area contributed by atoms with Crippen LogP contribution in [0.4, 0.5) is 19.0 Å². The van der Waals surface area contributed by atoms with Crippen molar-refractivity contribution >= 4 is 17.4 Å². The van der Waals surface area contributed by atoms with Gasteiger partial charge in [0, 0.05) is 12.7 Å². The number of halogens is 4. The Hall–Kier alpha value is -1.04. The van der Waals surface area contributed by atoms with E-state index in [-0.39, 0.29) is 17.6 Å². The summed E-state index contributed by atoms with van der Waals surface area (Å²) in [5.74, 6) is 0.194. The van der Waals surface area contributed by atoms with E-state index in [4.69, 9.17) is 11.6 Å². The first-order chi connectivity index (χ1) is 7.42. The van der Waals surface area contributed by atoms with Gasteiger partial charge in [-0.1, -0.05) is 6.92 Å². The van der Waals surface area contributed by atoms with Gasteiger partial charge in [0.15, 0.2) is 0 Å². The molecule has 0 amide bonds. The Morgan fingerprint density at radius 1 is 1.44 bits per heavy atom. The van der Waals surface area contributed by atoms with Crippen LogP contribution in [0.25, 0.3) is 0 Å². The Labute approximate surface area is 96.3 Å². The van der Waals surface area contributed by atoms with Crippen LogP contribution < -0.4 is 4.90 Å². The van der Waals surface area contributed by atoms with Crippen molar-refractivity contribution in [2.24, 2.45) is 0 Å². The van der Waals surface area contributed by atoms with E-state index >= 15 is 0 Å². The SMILES string of the molecule is CCCN(CC(F)(F)F)c1ccnc(Cl)n1. The molecule has 0 atom stereocenters. The number of nitrogens with zero attached hydrogens (tertiary/aromatic N) is 3. The third kappa shape index (κ3) is 4.22. The van der Waals surface area contributed by atoms with E-state index in [0.29, 0.717) is 6.42 Å². The molecule has 0 saturated heterocycles. The van der Waals surface area contributed by atoms with Crippen LogP contribution >= 0.6 is 11.6 Å². The number of anilines is 1. The Bertz CT molecular complexity index is 343. The number of aromatic nitrogens is 2. The third-order valence-corrected chi connectivity index (χ3v) is 1.98. The van der Waals surface area contributed by atoms with Crippen molar-refractivity contribution in [1.29, 1.82) is 0 Å². The zero-order valence-electron chi connectivity index (χ0n) is 8.63. The Morgan fingerprint density at radius 3 is 2.62 bits per heavy atom. The molecule has 1 rings (SSSR count). The molecular formula is C9H11ClF3N3. The van der Waals surface area contributed by atoms with E-state index in [9.17, 15) is 13.2 Å². The second-order valence-electron chi connectivity index (χ2n) is 3.22. The lowest BCUT2D eigenvalue weighted by Gasteiger charge is -2.24. The summed E-state index contributed by atoms with van der Waals surface area (Å²) in [6.07, 6.45) is -2.33. The van der Waals surface area contributed by atoms with Crippen molar-refractivity contribution < 1.29 is 13.2 Å². The van der Waals surface area contributed by atoms with Gasteiger partial charge in [0.25, 0.3) is 0 Å². The lowest BCUT2D eigenvalue weighted by atomic mass is 10.4. The zero-order chi connectivity index (χ0) is 12.2. The summed E-state index contributed by atoms with van der Waals surface area (Å²) in [7, 11) is 0. The van der Waals surface area contributed by atoms with Crippen molar-refractivity contribution in [3.8, 4) is 0 Å². The molecular weight excluding hydrogens is 243 g/mol. The quantitative estimate of drug-likeness (QED) is 0.773. The highest BCUT2D eigenvalue weighted by molar-refractivity contribution is 6.28. The summed E-state index contributed by atoms with van der Waals surface area (Å²) >= 11 is 5.53. The molecule has 16 heavy (non-hydrogen) atoms. The van der Waals surface area contributed by atoms with Crippen LogP contribution in [0, 0.1) is 0 Å². The van der Waals surface area contributed by atoms with Crippen LogP contribution in [0.2, 0.25) is 5.28 Å². The van der Waals surface area contributed by atoms with Gasteiger partial charge >= 0.3 is 6.18 Å². The predicted molar refractivity (Wildman–Crippen MR) is 55.6 cm³/mol. The zero-order valence-corrected chi connectivity index (χ0v) is 9.39. The highest BCUT2D eigenvalue weighted by atomic mass is 35.5. The lowest BCUT2D eigenvalue weighted by molar-refractivity contribution is -0.119. The minimum atomic E-state index is -4.26. The van der Waals surface area contributed by atoms with E-state index < -0.39 is 12.7 Å². The molecule has 0 aliphatic carbocycles. The summed E-state index contributed by atoms with van der Waals surface area (Å²) < 4.78 is 36.9. The molecule has 0 spiro atoms. The summed E-state index contributed by atoms with van der Waals surface area (Å²) in [5, 5.41) is -0.0548. The van der Waals surface area contributed by atoms with E-state index in [0.717, 1.165) is 4.90 Å². The molecule has 0 aliphatic rings. The Balaban J connectivity index is 2.85. The molecule has 1 heterocycles. The van der Waals surface area contributed by atoms with Crippen LogP contribution in [0.3, 0.4) is 0 Å². The molecule has 0 unspecified atom stereocenters. The molecule has 0 aliphatic heterocycles. The summed E-state index contributed by atoms with van der Waals surface area (Å²) in [6.45, 7) is 1.03. The van der Waals surface area contributed by atoms with Gasteiger partial charge in [0.1, 0.15) is 12.4 Å². The van der Waals surface area contributed by atoms with E-state index in [1.165, 1.54) is 12.3 Å². The van der Waals surface area contributed by atoms with Gasteiger partial charge in [-0.25, -0.2) is 9.97 Å². The first kappa shape index (κ1) is 13.0. The van der Waals surface area contributed by atoms with Crippen molar-refractivity contribution in [2.45, 2.75) is 19.5 Å². The van der Waals surface area contributed by atoms with Gasteiger partial charge in [0.05, 0.1) is 0 Å². The molecule has 0 radical (unpaired) electrons. The van der Waals surface area contributed by atoms with Crippen molar-refractivity contribution in [2.75, 3.05) is 18.0 Å². The molecule has 0 saturated carbocycles. The molecule has 0 bridgehead atoms. The molecule has 0 N–H and O–H groups in total. The maximum Gasteiger partial charge on any atom is 0.405 e. The van der Waals surface area contributed by atoms with Crippen LogP contribution in [0.5, 0.6) is 0 Å². The van der Waals surface area contributed by atoms with Crippen molar-refractivity contribution in [1.82, 2.24) is 9.97 Å². The van der Waals surface area contributed by atoms with Crippen molar-refractivity contribution in [3.05, 3.63) is 17.5 Å². The summed E-state index contributed by atoms with van der Waals surface area (Å²) in [4.78, 5) is 8.51. The summed E-state index contributed by atoms with van der Waals surface area (Å²) in [5.41, 5.74) is 0. The van der Waals surface area contributed by atoms with E-state index in [2.05, 4.69) is 9.97 Å². The second-order valence-corrected chi connectivity index (χ2v) is 3.56. The maximum atomic E-state index is 12.3. The number of rotatable bonds is 4. The molecule has 90 valence electrons. The number of hydrogen-bond donors (Lipinski definition) is 0. The first-order valence-corrected chi connectivity index (χ1v) is 5.10. The predicted octanol–water partition coefficient (Wildman–Crippen LogP) is 2.91. The van der Waals surface area contributed by atoms with Crippen LogP contribution in [-0.2, 0) is 0 Å². The fraction of sp³-hybridized carbons (Fsp3) is 0.556. The molecule has 1 aromatic rings. The standard InChI is InChI=1S/C9H11ClF3N3/c1-2-5-16(6-9(11,12)13)7-3-4-14-8(10)15-7/h3-4H,2,5-6H2,1H3. The molecule has 7 heteroatoms. The highest BCUT2D eigenvalue weighted by Gasteiger charge is 2.31. The minimum Gasteiger partial charge on any atom is -0.347 e. The van der Waals surface area contributed by atoms with Crippen molar-refractivity contribution in [3.63, 3.8) is 0 Å². The van der Waals surface area contributed by atoms with Gasteiger partial charge in [-0.2, -0.15) is 13.2 Å². The van der Waals surface area contributed by atoms with Gasteiger partial charge in [-0.3, -0.25) is 0 Å². The first-order valence-electron chi connectivity index (χ1n) is 4.72. The average molecular weight is 254 g/mol. The second kappa shape index (κ2) is 5.34. The largest absolute Gasteiger partial charge is 0.405 e. The van der Waals surface area contributed by atoms with Gasteiger partial charge in [-0.15, -0.1) is 0 Å². The fourth-order valence-electron chi connectivity index (χ4n) is 1.26. The van der Waals surface area contributed by atoms with Gasteiger partial charge in [0.2, 0.25) is 5.28 Å². The fourth-order valence-corrected chi connectivity index (χ4v) is 1.41. The van der Waals surface area contributed by atoms with E-state index in [1.807, 2.05) is 0 Å². The molecule has 0 aromatic carbocycles. The maximum absolute atomic E-state index is 12.3. The Morgan fingerprint density at radius 2 is 2.12 bits per heavy atom. The van der Waals surface area contributed by atoms with Gasteiger partial charge < -0.3 is 4.90 Å². The minimum absolute atomic E-state index is 0.0548. The van der Waals surface area contributed by atoms with Gasteiger partial charge in [-0.05, 0) is 24.1 Å². The van der Waals surface area contributed by atoms with Crippen LogP contribution in [-0.4, -0.2) is 29.2 Å².